The van der Waals surface area contributed by atoms with Crippen LogP contribution < -0.4 is 10.6 Å². The van der Waals surface area contributed by atoms with E-state index in [2.05, 4.69) is 27.8 Å². The molecule has 1 aromatic carbocycles. The van der Waals surface area contributed by atoms with Gasteiger partial charge in [-0.15, -0.1) is 0 Å². The summed E-state index contributed by atoms with van der Waals surface area (Å²) < 4.78 is 0. The average Bonchev–Trinajstić information content (AvgIpc) is 2.90. The maximum atomic E-state index is 12.3. The number of H-pyrrole nitrogens is 1. The molecule has 1 aliphatic heterocycles. The Morgan fingerprint density at radius 3 is 3.05 bits per heavy atom. The minimum Gasteiger partial charge on any atom is -0.394 e. The fourth-order valence-electron chi connectivity index (χ4n) is 2.91. The molecule has 2 heterocycles. The molecule has 2 aromatic rings. The summed E-state index contributed by atoms with van der Waals surface area (Å²) in [5.74, 6) is -0.0353. The molecule has 0 spiro atoms. The van der Waals surface area contributed by atoms with E-state index in [0.717, 1.165) is 17.6 Å². The molecule has 3 rings (SSSR count). The van der Waals surface area contributed by atoms with Gasteiger partial charge < -0.3 is 15.4 Å². The maximum absolute atomic E-state index is 12.3. The highest BCUT2D eigenvalue weighted by Crippen LogP contribution is 2.26. The summed E-state index contributed by atoms with van der Waals surface area (Å²) in [5, 5.41) is 16.6. The SMILES string of the molecule is CC[C@H](CO)NC(=O)[C@@H]1Cc2c([nH]c3ccccc23)CN1. The van der Waals surface area contributed by atoms with E-state index in [1.165, 1.54) is 10.9 Å². The molecule has 1 amide bonds. The fraction of sp³-hybridized carbons (Fsp3) is 0.438. The van der Waals surface area contributed by atoms with Gasteiger partial charge >= 0.3 is 0 Å². The number of aromatic nitrogens is 1. The number of benzene rings is 1. The number of aliphatic hydroxyl groups is 1. The van der Waals surface area contributed by atoms with Gasteiger partial charge in [-0.3, -0.25) is 10.1 Å². The Labute approximate surface area is 123 Å². The molecule has 0 radical (unpaired) electrons. The minimum atomic E-state index is -0.239. The third-order valence-electron chi connectivity index (χ3n) is 4.21. The monoisotopic (exact) mass is 287 g/mol. The molecule has 5 heteroatoms. The van der Waals surface area contributed by atoms with Gasteiger partial charge in [-0.2, -0.15) is 0 Å². The first-order chi connectivity index (χ1) is 10.2. The molecule has 2 atom stereocenters. The second kappa shape index (κ2) is 5.87. The predicted molar refractivity (Wildman–Crippen MR) is 81.9 cm³/mol. The van der Waals surface area contributed by atoms with Crippen LogP contribution in [0.4, 0.5) is 0 Å². The van der Waals surface area contributed by atoms with Gasteiger partial charge in [0.05, 0.1) is 18.7 Å². The topological polar surface area (TPSA) is 77.2 Å². The van der Waals surface area contributed by atoms with Crippen LogP contribution in [0.5, 0.6) is 0 Å². The van der Waals surface area contributed by atoms with Gasteiger partial charge in [0.25, 0.3) is 0 Å². The molecule has 0 unspecified atom stereocenters. The Hall–Kier alpha value is -1.85. The number of amides is 1. The Kier molecular flexibility index (Phi) is 3.94. The highest BCUT2D eigenvalue weighted by molar-refractivity contribution is 5.88. The standard InChI is InChI=1S/C16H21N3O2/c1-2-10(9-20)18-16(21)14-7-12-11-5-3-4-6-13(11)19-15(12)8-17-14/h3-6,10,14,17,19-20H,2,7-9H2,1H3,(H,18,21)/t10-,14+/m1/s1. The fourth-order valence-corrected chi connectivity index (χ4v) is 2.91. The van der Waals surface area contributed by atoms with E-state index in [4.69, 9.17) is 0 Å². The zero-order valence-electron chi connectivity index (χ0n) is 12.1. The van der Waals surface area contributed by atoms with Crippen molar-refractivity contribution in [1.29, 1.82) is 0 Å². The summed E-state index contributed by atoms with van der Waals surface area (Å²) in [7, 11) is 0. The number of aliphatic hydroxyl groups excluding tert-OH is 1. The first-order valence-corrected chi connectivity index (χ1v) is 7.46. The van der Waals surface area contributed by atoms with E-state index in [0.29, 0.717) is 13.0 Å². The number of fused-ring (bicyclic) bond motifs is 3. The van der Waals surface area contributed by atoms with Gasteiger partial charge in [0, 0.05) is 23.1 Å². The molecular weight excluding hydrogens is 266 g/mol. The molecule has 0 fully saturated rings. The third-order valence-corrected chi connectivity index (χ3v) is 4.21. The maximum Gasteiger partial charge on any atom is 0.237 e. The van der Waals surface area contributed by atoms with Crippen LogP contribution in [0.15, 0.2) is 24.3 Å². The van der Waals surface area contributed by atoms with E-state index in [-0.39, 0.29) is 24.6 Å². The predicted octanol–water partition coefficient (Wildman–Crippen LogP) is 1.07. The number of carbonyl (C=O) groups excluding carboxylic acids is 1. The Morgan fingerprint density at radius 1 is 1.48 bits per heavy atom. The van der Waals surface area contributed by atoms with Crippen LogP contribution in [0.2, 0.25) is 0 Å². The second-order valence-electron chi connectivity index (χ2n) is 5.56. The van der Waals surface area contributed by atoms with Crippen molar-refractivity contribution in [3.63, 3.8) is 0 Å². The molecule has 0 saturated carbocycles. The molecule has 4 N–H and O–H groups in total. The van der Waals surface area contributed by atoms with Gasteiger partial charge in [-0.25, -0.2) is 0 Å². The first-order valence-electron chi connectivity index (χ1n) is 7.46. The smallest absolute Gasteiger partial charge is 0.237 e. The van der Waals surface area contributed by atoms with Gasteiger partial charge in [0.2, 0.25) is 5.91 Å². The zero-order chi connectivity index (χ0) is 14.8. The second-order valence-corrected chi connectivity index (χ2v) is 5.56. The normalized spacial score (nSPS) is 19.2. The van der Waals surface area contributed by atoms with Crippen LogP contribution in [-0.4, -0.2) is 34.7 Å². The number of hydrogen-bond donors (Lipinski definition) is 4. The van der Waals surface area contributed by atoms with Crippen molar-refractivity contribution in [3.8, 4) is 0 Å². The lowest BCUT2D eigenvalue weighted by Crippen LogP contribution is -2.51. The number of aromatic amines is 1. The van der Waals surface area contributed by atoms with Crippen molar-refractivity contribution < 1.29 is 9.90 Å². The molecular formula is C16H21N3O2. The summed E-state index contributed by atoms with van der Waals surface area (Å²) in [5.41, 5.74) is 3.50. The lowest BCUT2D eigenvalue weighted by molar-refractivity contribution is -0.124. The highest BCUT2D eigenvalue weighted by Gasteiger charge is 2.27. The molecule has 0 aliphatic carbocycles. The van der Waals surface area contributed by atoms with Crippen LogP contribution >= 0.6 is 0 Å². The number of hydrogen-bond acceptors (Lipinski definition) is 3. The molecule has 0 bridgehead atoms. The van der Waals surface area contributed by atoms with Crippen molar-refractivity contribution in [2.24, 2.45) is 0 Å². The Balaban J connectivity index is 1.79. The van der Waals surface area contributed by atoms with Gasteiger partial charge in [-0.05, 0) is 24.5 Å². The molecule has 112 valence electrons. The molecule has 1 aliphatic rings. The highest BCUT2D eigenvalue weighted by atomic mass is 16.3. The van der Waals surface area contributed by atoms with Gasteiger partial charge in [-0.1, -0.05) is 25.1 Å². The number of para-hydroxylation sites is 1. The van der Waals surface area contributed by atoms with Crippen molar-refractivity contribution in [3.05, 3.63) is 35.5 Å². The van der Waals surface area contributed by atoms with Crippen molar-refractivity contribution in [1.82, 2.24) is 15.6 Å². The first kappa shape index (κ1) is 14.1. The zero-order valence-corrected chi connectivity index (χ0v) is 12.1. The summed E-state index contributed by atoms with van der Waals surface area (Å²) in [6.45, 7) is 2.60. The molecule has 5 nitrogen and oxygen atoms in total. The average molecular weight is 287 g/mol. The van der Waals surface area contributed by atoms with E-state index in [9.17, 15) is 9.90 Å². The lowest BCUT2D eigenvalue weighted by Gasteiger charge is -2.25. The van der Waals surface area contributed by atoms with Crippen LogP contribution in [0.25, 0.3) is 10.9 Å². The lowest BCUT2D eigenvalue weighted by atomic mass is 9.98. The van der Waals surface area contributed by atoms with E-state index in [1.54, 1.807) is 0 Å². The van der Waals surface area contributed by atoms with Crippen molar-refractivity contribution >= 4 is 16.8 Å². The number of rotatable bonds is 4. The molecule has 1 aromatic heterocycles. The largest absolute Gasteiger partial charge is 0.394 e. The summed E-state index contributed by atoms with van der Waals surface area (Å²) >= 11 is 0. The quantitative estimate of drug-likeness (QED) is 0.679. The van der Waals surface area contributed by atoms with Crippen LogP contribution in [0.1, 0.15) is 24.6 Å². The summed E-state index contributed by atoms with van der Waals surface area (Å²) in [4.78, 5) is 15.7. The third kappa shape index (κ3) is 2.66. The number of nitrogens with one attached hydrogen (secondary N) is 3. The Morgan fingerprint density at radius 2 is 2.29 bits per heavy atom. The molecule has 21 heavy (non-hydrogen) atoms. The van der Waals surface area contributed by atoms with Crippen molar-refractivity contribution in [2.75, 3.05) is 6.61 Å². The van der Waals surface area contributed by atoms with Crippen LogP contribution in [0.3, 0.4) is 0 Å². The van der Waals surface area contributed by atoms with Crippen LogP contribution in [-0.2, 0) is 17.8 Å². The van der Waals surface area contributed by atoms with E-state index >= 15 is 0 Å². The summed E-state index contributed by atoms with van der Waals surface area (Å²) in [6, 6.07) is 7.78. The van der Waals surface area contributed by atoms with E-state index < -0.39 is 0 Å². The minimum absolute atomic E-state index is 0.0205. The van der Waals surface area contributed by atoms with Gasteiger partial charge in [0.1, 0.15) is 0 Å². The van der Waals surface area contributed by atoms with Gasteiger partial charge in [0.15, 0.2) is 0 Å². The van der Waals surface area contributed by atoms with Crippen LogP contribution in [0, 0.1) is 0 Å². The Bertz CT molecular complexity index is 646. The van der Waals surface area contributed by atoms with Crippen molar-refractivity contribution in [2.45, 2.75) is 38.4 Å². The number of carbonyl (C=O) groups is 1. The van der Waals surface area contributed by atoms with E-state index in [1.807, 2.05) is 19.1 Å². The molecule has 0 saturated heterocycles. The summed E-state index contributed by atoms with van der Waals surface area (Å²) in [6.07, 6.45) is 1.40.